The quantitative estimate of drug-likeness (QED) is 0.121. The molecular formula is C30H32N4O5S. The predicted octanol–water partition coefficient (Wildman–Crippen LogP) is 5.55. The number of rotatable bonds is 14. The molecule has 4 rings (SSSR count). The van der Waals surface area contributed by atoms with Crippen LogP contribution in [0.5, 0.6) is 11.5 Å². The van der Waals surface area contributed by atoms with Gasteiger partial charge in [-0.25, -0.2) is 4.79 Å². The zero-order chi connectivity index (χ0) is 28.2. The van der Waals surface area contributed by atoms with Gasteiger partial charge in [-0.15, -0.1) is 22.0 Å². The van der Waals surface area contributed by atoms with Crippen LogP contribution < -0.4 is 14.8 Å². The Morgan fingerprint density at radius 2 is 1.65 bits per heavy atom. The van der Waals surface area contributed by atoms with Crippen molar-refractivity contribution < 1.29 is 23.5 Å². The monoisotopic (exact) mass is 560 g/mol. The molecule has 0 aliphatic carbocycles. The Balaban J connectivity index is 1.14. The third-order valence-corrected chi connectivity index (χ3v) is 6.56. The number of ether oxygens (including phenoxy) is 2. The Morgan fingerprint density at radius 1 is 0.925 bits per heavy atom. The van der Waals surface area contributed by atoms with Crippen LogP contribution in [-0.4, -0.2) is 60.0 Å². The fourth-order valence-corrected chi connectivity index (χ4v) is 4.26. The second-order valence-corrected chi connectivity index (χ2v) is 10.3. The van der Waals surface area contributed by atoms with Gasteiger partial charge in [-0.3, -0.25) is 4.79 Å². The number of amides is 1. The molecule has 1 N–H and O–H groups in total. The van der Waals surface area contributed by atoms with Gasteiger partial charge in [0, 0.05) is 23.4 Å². The molecule has 0 aliphatic heterocycles. The number of anilines is 1. The molecule has 4 aromatic rings. The lowest BCUT2D eigenvalue weighted by atomic mass is 10.2. The normalized spacial score (nSPS) is 10.9. The van der Waals surface area contributed by atoms with E-state index in [1.807, 2.05) is 44.4 Å². The summed E-state index contributed by atoms with van der Waals surface area (Å²) in [5, 5.41) is 11.2. The summed E-state index contributed by atoms with van der Waals surface area (Å²) in [6.45, 7) is 1.37. The first-order chi connectivity index (χ1) is 19.5. The van der Waals surface area contributed by atoms with Gasteiger partial charge in [-0.2, -0.15) is 0 Å². The third-order valence-electron chi connectivity index (χ3n) is 5.66. The number of benzene rings is 3. The third kappa shape index (κ3) is 9.25. The van der Waals surface area contributed by atoms with Gasteiger partial charge in [0.2, 0.25) is 17.7 Å². The summed E-state index contributed by atoms with van der Waals surface area (Å²) < 4.78 is 16.9. The molecule has 0 unspecified atom stereocenters. The minimum atomic E-state index is -0.401. The number of hydrogen-bond acceptors (Lipinski definition) is 9. The Hall–Kier alpha value is -4.15. The molecule has 1 aromatic heterocycles. The van der Waals surface area contributed by atoms with Crippen molar-refractivity contribution in [3.63, 3.8) is 0 Å². The smallest absolute Gasteiger partial charge is 0.343 e. The van der Waals surface area contributed by atoms with Crippen LogP contribution in [0.1, 0.15) is 29.1 Å². The maximum atomic E-state index is 12.1. The lowest BCUT2D eigenvalue weighted by molar-refractivity contribution is -0.116. The fourth-order valence-electron chi connectivity index (χ4n) is 3.63. The molecule has 208 valence electrons. The number of nitrogens with one attached hydrogen (secondary N) is 1. The highest BCUT2D eigenvalue weighted by Gasteiger charge is 2.10. The first kappa shape index (κ1) is 28.8. The number of nitrogens with zero attached hydrogens (tertiary/aromatic N) is 3. The summed E-state index contributed by atoms with van der Waals surface area (Å²) in [5.74, 6) is 2.99. The van der Waals surface area contributed by atoms with Crippen LogP contribution in [0.15, 0.2) is 83.3 Å². The number of aromatic nitrogens is 2. The fraction of sp³-hybridized carbons (Fsp3) is 0.267. The second kappa shape index (κ2) is 14.9. The van der Waals surface area contributed by atoms with Crippen LogP contribution in [0.4, 0.5) is 5.69 Å². The van der Waals surface area contributed by atoms with Crippen molar-refractivity contribution in [1.29, 1.82) is 0 Å². The van der Waals surface area contributed by atoms with Gasteiger partial charge in [-0.05, 0) is 87.7 Å². The highest BCUT2D eigenvalue weighted by molar-refractivity contribution is 7.98. The lowest BCUT2D eigenvalue weighted by Crippen LogP contribution is -2.17. The van der Waals surface area contributed by atoms with Crippen LogP contribution in [0.3, 0.4) is 0 Å². The average molecular weight is 561 g/mol. The van der Waals surface area contributed by atoms with E-state index in [1.165, 1.54) is 0 Å². The molecule has 3 aromatic carbocycles. The Kier molecular flexibility index (Phi) is 10.7. The van der Waals surface area contributed by atoms with Gasteiger partial charge in [0.1, 0.15) is 11.5 Å². The van der Waals surface area contributed by atoms with Crippen molar-refractivity contribution in [2.75, 3.05) is 38.3 Å². The van der Waals surface area contributed by atoms with Crippen LogP contribution in [-0.2, 0) is 10.5 Å². The summed E-state index contributed by atoms with van der Waals surface area (Å²) in [6, 6.07) is 23.2. The summed E-state index contributed by atoms with van der Waals surface area (Å²) in [6.07, 6.45) is 1.29. The summed E-state index contributed by atoms with van der Waals surface area (Å²) in [4.78, 5) is 26.3. The molecule has 0 bridgehead atoms. The molecule has 0 saturated heterocycles. The average Bonchev–Trinajstić information content (AvgIpc) is 3.43. The first-order valence-electron chi connectivity index (χ1n) is 12.9. The Bertz CT molecular complexity index is 1360. The van der Waals surface area contributed by atoms with Gasteiger partial charge in [0.15, 0.2) is 0 Å². The number of carbonyl (C=O) groups is 2. The van der Waals surface area contributed by atoms with Crippen molar-refractivity contribution in [2.24, 2.45) is 0 Å². The van der Waals surface area contributed by atoms with Crippen LogP contribution >= 0.6 is 11.8 Å². The zero-order valence-electron chi connectivity index (χ0n) is 22.5. The maximum absolute atomic E-state index is 12.1. The summed E-state index contributed by atoms with van der Waals surface area (Å²) in [7, 11) is 3.98. The van der Waals surface area contributed by atoms with Gasteiger partial charge in [0.25, 0.3) is 0 Å². The van der Waals surface area contributed by atoms with Crippen molar-refractivity contribution in [3.05, 3.63) is 90.3 Å². The van der Waals surface area contributed by atoms with Crippen LogP contribution in [0.2, 0.25) is 0 Å². The van der Waals surface area contributed by atoms with E-state index in [9.17, 15) is 9.59 Å². The van der Waals surface area contributed by atoms with Gasteiger partial charge in [0.05, 0.1) is 17.9 Å². The minimum absolute atomic E-state index is 0.00274. The number of carbonyl (C=O) groups excluding carboxylic acids is 2. The molecule has 0 saturated carbocycles. The van der Waals surface area contributed by atoms with E-state index in [0.717, 1.165) is 30.0 Å². The second-order valence-electron chi connectivity index (χ2n) is 9.16. The van der Waals surface area contributed by atoms with E-state index in [2.05, 4.69) is 20.4 Å². The zero-order valence-corrected chi connectivity index (χ0v) is 23.4. The number of esters is 1. The standard InChI is InChI=1S/C30H32N4O5S/c1-34(2)18-6-9-27(35)31-24-12-10-22(11-13-24)29-33-32-28(39-29)21-40-20-19-37-25-14-16-26(17-15-25)38-30(36)23-7-4-3-5-8-23/h3-5,7-8,10-17H,6,9,18-21H2,1-2H3,(H,31,35). The molecule has 40 heavy (non-hydrogen) atoms. The van der Waals surface area contributed by atoms with Gasteiger partial charge < -0.3 is 24.1 Å². The topological polar surface area (TPSA) is 107 Å². The highest BCUT2D eigenvalue weighted by Crippen LogP contribution is 2.23. The van der Waals surface area contributed by atoms with Crippen LogP contribution in [0, 0.1) is 0 Å². The van der Waals surface area contributed by atoms with Crippen molar-refractivity contribution >= 4 is 29.3 Å². The first-order valence-corrected chi connectivity index (χ1v) is 14.1. The van der Waals surface area contributed by atoms with E-state index >= 15 is 0 Å². The molecule has 10 heteroatoms. The van der Waals surface area contributed by atoms with Crippen molar-refractivity contribution in [1.82, 2.24) is 15.1 Å². The predicted molar refractivity (Wildman–Crippen MR) is 156 cm³/mol. The molecule has 0 aliphatic rings. The molecule has 0 atom stereocenters. The van der Waals surface area contributed by atoms with E-state index in [0.29, 0.717) is 47.6 Å². The Morgan fingerprint density at radius 3 is 2.38 bits per heavy atom. The number of hydrogen-bond donors (Lipinski definition) is 1. The largest absolute Gasteiger partial charge is 0.493 e. The highest BCUT2D eigenvalue weighted by atomic mass is 32.2. The molecule has 0 spiro atoms. The van der Waals surface area contributed by atoms with E-state index < -0.39 is 5.97 Å². The Labute approximate surface area is 237 Å². The minimum Gasteiger partial charge on any atom is -0.493 e. The summed E-state index contributed by atoms with van der Waals surface area (Å²) in [5.41, 5.74) is 2.02. The molecule has 1 amide bonds. The molecule has 0 fully saturated rings. The SMILES string of the molecule is CN(C)CCCC(=O)Nc1ccc(-c2nnc(CSCCOc3ccc(OC(=O)c4ccccc4)cc3)o2)cc1. The van der Waals surface area contributed by atoms with Crippen molar-refractivity contribution in [2.45, 2.75) is 18.6 Å². The molecule has 0 radical (unpaired) electrons. The molecular weight excluding hydrogens is 528 g/mol. The molecule has 1 heterocycles. The maximum Gasteiger partial charge on any atom is 0.343 e. The number of thioether (sulfide) groups is 1. The summed E-state index contributed by atoms with van der Waals surface area (Å²) >= 11 is 1.62. The van der Waals surface area contributed by atoms with Crippen molar-refractivity contribution in [3.8, 4) is 23.0 Å². The van der Waals surface area contributed by atoms with E-state index in [-0.39, 0.29) is 5.91 Å². The van der Waals surface area contributed by atoms with Gasteiger partial charge >= 0.3 is 5.97 Å². The van der Waals surface area contributed by atoms with Crippen LogP contribution in [0.25, 0.3) is 11.5 Å². The van der Waals surface area contributed by atoms with E-state index in [4.69, 9.17) is 13.9 Å². The van der Waals surface area contributed by atoms with E-state index in [1.54, 1.807) is 60.3 Å². The molecule has 9 nitrogen and oxygen atoms in total. The lowest BCUT2D eigenvalue weighted by Gasteiger charge is -2.09. The van der Waals surface area contributed by atoms with Gasteiger partial charge in [-0.1, -0.05) is 18.2 Å².